The van der Waals surface area contributed by atoms with E-state index in [4.69, 9.17) is 9.47 Å². The number of aryl methyl sites for hydroxylation is 1. The van der Waals surface area contributed by atoms with E-state index in [0.717, 1.165) is 50.6 Å². The van der Waals surface area contributed by atoms with E-state index in [1.807, 2.05) is 0 Å². The zero-order chi connectivity index (χ0) is 21.7. The van der Waals surface area contributed by atoms with E-state index >= 15 is 0 Å². The van der Waals surface area contributed by atoms with Crippen LogP contribution in [0.25, 0.3) is 0 Å². The standard InChI is InChI=1S/C24H39N3O3/c1-17-7-6-8-21(19(17)3)25-24(28)16-27-11-9-26(10-12-27)15-20-14-23(30-5)22(29-4)13-18(20)2/h13-14,17,19,21H,6-12,15-16H2,1-5H3,(H,25,28)/p+2/t17-,19+,21-/m1/s1. The highest BCUT2D eigenvalue weighted by atomic mass is 16.5. The predicted molar refractivity (Wildman–Crippen MR) is 118 cm³/mol. The van der Waals surface area contributed by atoms with Crippen molar-refractivity contribution in [3.05, 3.63) is 23.3 Å². The summed E-state index contributed by atoms with van der Waals surface area (Å²) in [6, 6.07) is 4.54. The minimum atomic E-state index is 0.232. The molecule has 1 saturated carbocycles. The molecule has 168 valence electrons. The molecule has 0 unspecified atom stereocenters. The maximum Gasteiger partial charge on any atom is 0.275 e. The number of hydrogen-bond acceptors (Lipinski definition) is 3. The van der Waals surface area contributed by atoms with Crippen LogP contribution in [-0.2, 0) is 11.3 Å². The SMILES string of the molecule is COc1cc(C)c(C[NH+]2CC[NH+](CC(=O)N[C@@H]3CCC[C@@H](C)[C@@H]3C)CC2)cc1OC. The second-order valence-electron chi connectivity index (χ2n) is 9.43. The summed E-state index contributed by atoms with van der Waals surface area (Å²) in [5.41, 5.74) is 2.55. The second-order valence-corrected chi connectivity index (χ2v) is 9.43. The van der Waals surface area contributed by atoms with Crippen molar-refractivity contribution in [1.29, 1.82) is 0 Å². The summed E-state index contributed by atoms with van der Waals surface area (Å²) in [5, 5.41) is 3.34. The third-order valence-corrected chi connectivity index (χ3v) is 7.41. The molecule has 1 aromatic rings. The molecule has 0 aromatic heterocycles. The summed E-state index contributed by atoms with van der Waals surface area (Å²) in [5.74, 6) is 3.11. The van der Waals surface area contributed by atoms with Gasteiger partial charge in [0.2, 0.25) is 0 Å². The van der Waals surface area contributed by atoms with Crippen LogP contribution in [0.3, 0.4) is 0 Å². The molecular formula is C24H41N3O3+2. The Hall–Kier alpha value is -1.79. The molecule has 0 bridgehead atoms. The zero-order valence-corrected chi connectivity index (χ0v) is 19.5. The van der Waals surface area contributed by atoms with Gasteiger partial charge in [-0.05, 0) is 42.9 Å². The van der Waals surface area contributed by atoms with Gasteiger partial charge in [0.1, 0.15) is 32.7 Å². The van der Waals surface area contributed by atoms with Gasteiger partial charge in [-0.2, -0.15) is 0 Å². The predicted octanol–water partition coefficient (Wildman–Crippen LogP) is 0.237. The first-order valence-corrected chi connectivity index (χ1v) is 11.6. The number of amides is 1. The average molecular weight is 420 g/mol. The molecular weight excluding hydrogens is 378 g/mol. The first kappa shape index (κ1) is 22.9. The topological polar surface area (TPSA) is 56.4 Å². The van der Waals surface area contributed by atoms with Gasteiger partial charge < -0.3 is 24.6 Å². The lowest BCUT2D eigenvalue weighted by Crippen LogP contribution is -3.28. The minimum Gasteiger partial charge on any atom is -0.493 e. The van der Waals surface area contributed by atoms with Gasteiger partial charge in [-0.25, -0.2) is 0 Å². The number of methoxy groups -OCH3 is 2. The van der Waals surface area contributed by atoms with Crippen molar-refractivity contribution in [3.8, 4) is 11.5 Å². The number of benzene rings is 1. The zero-order valence-electron chi connectivity index (χ0n) is 19.5. The molecule has 3 N–H and O–H groups in total. The summed E-state index contributed by atoms with van der Waals surface area (Å²) >= 11 is 0. The quantitative estimate of drug-likeness (QED) is 0.593. The van der Waals surface area contributed by atoms with E-state index in [-0.39, 0.29) is 5.91 Å². The third kappa shape index (κ3) is 5.67. The molecule has 2 fully saturated rings. The summed E-state index contributed by atoms with van der Waals surface area (Å²) in [6.07, 6.45) is 3.67. The molecule has 1 saturated heterocycles. The van der Waals surface area contributed by atoms with Crippen LogP contribution in [0, 0.1) is 18.8 Å². The van der Waals surface area contributed by atoms with Crippen molar-refractivity contribution in [2.24, 2.45) is 11.8 Å². The molecule has 1 aromatic carbocycles. The van der Waals surface area contributed by atoms with Gasteiger partial charge in [-0.1, -0.05) is 26.7 Å². The van der Waals surface area contributed by atoms with E-state index in [1.54, 1.807) is 19.1 Å². The smallest absolute Gasteiger partial charge is 0.275 e. The molecule has 3 atom stereocenters. The Bertz CT molecular complexity index is 716. The molecule has 1 aliphatic heterocycles. The van der Waals surface area contributed by atoms with Gasteiger partial charge in [0.25, 0.3) is 5.91 Å². The molecule has 2 aliphatic rings. The van der Waals surface area contributed by atoms with Gasteiger partial charge in [0, 0.05) is 11.6 Å². The van der Waals surface area contributed by atoms with Crippen molar-refractivity contribution in [1.82, 2.24) is 5.32 Å². The van der Waals surface area contributed by atoms with Gasteiger partial charge in [-0.15, -0.1) is 0 Å². The Kier molecular flexibility index (Phi) is 8.00. The van der Waals surface area contributed by atoms with Crippen LogP contribution in [0.2, 0.25) is 0 Å². The molecule has 1 heterocycles. The van der Waals surface area contributed by atoms with Crippen molar-refractivity contribution in [3.63, 3.8) is 0 Å². The van der Waals surface area contributed by atoms with Crippen molar-refractivity contribution in [2.45, 2.75) is 52.6 Å². The van der Waals surface area contributed by atoms with E-state index in [2.05, 4.69) is 38.2 Å². The monoisotopic (exact) mass is 419 g/mol. The molecule has 1 amide bonds. The lowest BCUT2D eigenvalue weighted by atomic mass is 9.78. The van der Waals surface area contributed by atoms with Crippen LogP contribution in [0.15, 0.2) is 12.1 Å². The van der Waals surface area contributed by atoms with Crippen molar-refractivity contribution < 1.29 is 24.1 Å². The van der Waals surface area contributed by atoms with Crippen LogP contribution in [0.1, 0.15) is 44.2 Å². The van der Waals surface area contributed by atoms with Crippen LogP contribution >= 0.6 is 0 Å². The molecule has 30 heavy (non-hydrogen) atoms. The highest BCUT2D eigenvalue weighted by Gasteiger charge is 2.30. The molecule has 0 spiro atoms. The fraction of sp³-hybridized carbons (Fsp3) is 0.708. The van der Waals surface area contributed by atoms with Crippen LogP contribution in [-0.4, -0.2) is 58.9 Å². The second kappa shape index (κ2) is 10.5. The highest BCUT2D eigenvalue weighted by molar-refractivity contribution is 5.77. The number of carbonyl (C=O) groups excluding carboxylic acids is 1. The highest BCUT2D eigenvalue weighted by Crippen LogP contribution is 2.30. The summed E-state index contributed by atoms with van der Waals surface area (Å²) in [7, 11) is 3.36. The van der Waals surface area contributed by atoms with Gasteiger partial charge >= 0.3 is 0 Å². The number of hydrogen-bond donors (Lipinski definition) is 3. The normalized spacial score (nSPS) is 29.3. The van der Waals surface area contributed by atoms with E-state index in [1.165, 1.54) is 28.9 Å². The number of carbonyl (C=O) groups is 1. The Morgan fingerprint density at radius 2 is 1.67 bits per heavy atom. The Morgan fingerprint density at radius 1 is 1.03 bits per heavy atom. The molecule has 3 rings (SSSR count). The fourth-order valence-electron chi connectivity index (χ4n) is 5.06. The number of piperazine rings is 1. The number of rotatable bonds is 7. The Morgan fingerprint density at radius 3 is 2.33 bits per heavy atom. The largest absolute Gasteiger partial charge is 0.493 e. The van der Waals surface area contributed by atoms with Gasteiger partial charge in [0.05, 0.1) is 14.2 Å². The van der Waals surface area contributed by atoms with E-state index in [9.17, 15) is 4.79 Å². The molecule has 0 radical (unpaired) electrons. The number of nitrogens with one attached hydrogen (secondary N) is 3. The van der Waals surface area contributed by atoms with Crippen molar-refractivity contribution >= 4 is 5.91 Å². The van der Waals surface area contributed by atoms with Crippen LogP contribution in [0.5, 0.6) is 11.5 Å². The van der Waals surface area contributed by atoms with E-state index < -0.39 is 0 Å². The van der Waals surface area contributed by atoms with Crippen molar-refractivity contribution in [2.75, 3.05) is 46.9 Å². The lowest BCUT2D eigenvalue weighted by molar-refractivity contribution is -1.02. The maximum atomic E-state index is 12.6. The van der Waals surface area contributed by atoms with E-state index in [0.29, 0.717) is 24.4 Å². The molecule has 1 aliphatic carbocycles. The summed E-state index contributed by atoms with van der Waals surface area (Å²) in [6.45, 7) is 12.6. The summed E-state index contributed by atoms with van der Waals surface area (Å²) < 4.78 is 10.9. The lowest BCUT2D eigenvalue weighted by Gasteiger charge is -2.35. The number of quaternary nitrogens is 2. The first-order chi connectivity index (χ1) is 14.4. The Balaban J connectivity index is 1.46. The van der Waals surface area contributed by atoms with Gasteiger partial charge in [0.15, 0.2) is 18.0 Å². The average Bonchev–Trinajstić information content (AvgIpc) is 2.74. The van der Waals surface area contributed by atoms with Gasteiger partial charge in [-0.3, -0.25) is 4.79 Å². The van der Waals surface area contributed by atoms with Crippen LogP contribution < -0.4 is 24.6 Å². The molecule has 6 heteroatoms. The maximum absolute atomic E-state index is 12.6. The first-order valence-electron chi connectivity index (χ1n) is 11.6. The van der Waals surface area contributed by atoms with Crippen LogP contribution in [0.4, 0.5) is 0 Å². The third-order valence-electron chi connectivity index (χ3n) is 7.41. The minimum absolute atomic E-state index is 0.232. The Labute approximate surface area is 181 Å². The fourth-order valence-corrected chi connectivity index (χ4v) is 5.06. The molecule has 6 nitrogen and oxygen atoms in total. The summed E-state index contributed by atoms with van der Waals surface area (Å²) in [4.78, 5) is 15.6. The number of ether oxygens (including phenoxy) is 2.